The highest BCUT2D eigenvalue weighted by atomic mass is 15.2. The van der Waals surface area contributed by atoms with Crippen molar-refractivity contribution in [1.29, 1.82) is 0 Å². The Bertz CT molecular complexity index is 2720. The molecule has 7 aromatic carbocycles. The molecule has 3 heterocycles. The van der Waals surface area contributed by atoms with Gasteiger partial charge in [0.15, 0.2) is 0 Å². The Kier molecular flexibility index (Phi) is 9.81. The lowest BCUT2D eigenvalue weighted by Gasteiger charge is -2.45. The Labute approximate surface area is 373 Å². The van der Waals surface area contributed by atoms with E-state index in [1.54, 1.807) is 0 Å². The maximum atomic E-state index is 4.97. The number of pyridine rings is 1. The van der Waals surface area contributed by atoms with E-state index in [9.17, 15) is 0 Å². The first-order valence-electron chi connectivity index (χ1n) is 23.5. The highest BCUT2D eigenvalue weighted by Gasteiger charge is 2.44. The average molecular weight is 814 g/mol. The number of anilines is 6. The molecule has 0 amide bonds. The molecule has 8 aromatic rings. The van der Waals surface area contributed by atoms with Gasteiger partial charge in [-0.05, 0) is 148 Å². The van der Waals surface area contributed by atoms with Crippen molar-refractivity contribution >= 4 is 57.2 Å². The molecule has 306 valence electrons. The molecule has 4 heteroatoms. The van der Waals surface area contributed by atoms with Crippen molar-refractivity contribution in [1.82, 2.24) is 4.98 Å². The third-order valence-corrected chi connectivity index (χ3v) is 14.7. The van der Waals surface area contributed by atoms with E-state index in [0.717, 1.165) is 11.3 Å². The van der Waals surface area contributed by atoms with Gasteiger partial charge in [0.05, 0.1) is 5.69 Å². The van der Waals surface area contributed by atoms with Gasteiger partial charge in [-0.25, -0.2) is 0 Å². The Balaban J connectivity index is 1.12. The van der Waals surface area contributed by atoms with Crippen molar-refractivity contribution in [3.05, 3.63) is 193 Å². The number of fused-ring (bicyclic) bond motifs is 4. The molecule has 12 rings (SSSR count). The van der Waals surface area contributed by atoms with Crippen molar-refractivity contribution in [2.45, 2.75) is 76.0 Å². The van der Waals surface area contributed by atoms with Crippen LogP contribution in [-0.2, 0) is 0 Å². The molecule has 0 bridgehead atoms. The molecule has 0 spiro atoms. The van der Waals surface area contributed by atoms with Gasteiger partial charge in [-0.2, -0.15) is 0 Å². The summed E-state index contributed by atoms with van der Waals surface area (Å²) in [7, 11) is 0. The zero-order valence-corrected chi connectivity index (χ0v) is 36.0. The second-order valence-electron chi connectivity index (χ2n) is 18.4. The molecule has 1 aromatic heterocycles. The largest absolute Gasteiger partial charge is 0.311 e. The third-order valence-electron chi connectivity index (χ3n) is 14.7. The van der Waals surface area contributed by atoms with Gasteiger partial charge >= 0.3 is 0 Å². The standard InChI is InChI=1S/C59H52BN3/c1-5-15-41(16-6-1)45-24-30-50(31-25-45)62-55-34-28-47(43-19-9-3-10-20-43)37-52(55)60-53-38-48(44-21-11-4-12-22-44)29-35-56(53)63(51-32-26-46(27-33-51)42-17-7-2-8-18-42)58-40-49(39-57(62)59(58)60)54-23-13-14-36-61-54/h1-2,5-8,13-18,23-40,43-44H,3-4,9-12,19-22H2. The zero-order valence-electron chi connectivity index (χ0n) is 36.0. The van der Waals surface area contributed by atoms with Crippen LogP contribution >= 0.6 is 0 Å². The first kappa shape index (κ1) is 38.1. The van der Waals surface area contributed by atoms with E-state index in [0.29, 0.717) is 11.8 Å². The van der Waals surface area contributed by atoms with E-state index in [1.807, 2.05) is 12.3 Å². The maximum Gasteiger partial charge on any atom is 0.252 e. The zero-order chi connectivity index (χ0) is 41.7. The minimum atomic E-state index is 0.0737. The topological polar surface area (TPSA) is 19.4 Å². The van der Waals surface area contributed by atoms with Crippen LogP contribution in [0.2, 0.25) is 0 Å². The summed E-state index contributed by atoms with van der Waals surface area (Å²) in [5.74, 6) is 1.21. The van der Waals surface area contributed by atoms with Gasteiger partial charge in [0.2, 0.25) is 0 Å². The fourth-order valence-electron chi connectivity index (χ4n) is 11.5. The van der Waals surface area contributed by atoms with E-state index < -0.39 is 0 Å². The van der Waals surface area contributed by atoms with Crippen molar-refractivity contribution in [2.75, 3.05) is 9.80 Å². The third kappa shape index (κ3) is 6.88. The quantitative estimate of drug-likeness (QED) is 0.149. The molecule has 0 unspecified atom stereocenters. The van der Waals surface area contributed by atoms with Crippen molar-refractivity contribution < 1.29 is 0 Å². The molecule has 0 radical (unpaired) electrons. The van der Waals surface area contributed by atoms with E-state index >= 15 is 0 Å². The van der Waals surface area contributed by atoms with Gasteiger partial charge < -0.3 is 9.80 Å². The fraction of sp³-hybridized carbons (Fsp3) is 0.203. The molecule has 0 N–H and O–H groups in total. The average Bonchev–Trinajstić information content (AvgIpc) is 3.37. The second kappa shape index (κ2) is 16.2. The molecule has 63 heavy (non-hydrogen) atoms. The van der Waals surface area contributed by atoms with Gasteiger partial charge in [0.1, 0.15) is 0 Å². The number of hydrogen-bond acceptors (Lipinski definition) is 3. The van der Waals surface area contributed by atoms with Crippen LogP contribution in [0.5, 0.6) is 0 Å². The molecule has 2 fully saturated rings. The van der Waals surface area contributed by atoms with E-state index in [4.69, 9.17) is 4.98 Å². The predicted molar refractivity (Wildman–Crippen MR) is 266 cm³/mol. The van der Waals surface area contributed by atoms with Gasteiger partial charge in [0.25, 0.3) is 6.71 Å². The lowest BCUT2D eigenvalue weighted by atomic mass is 9.33. The van der Waals surface area contributed by atoms with Crippen LogP contribution < -0.4 is 26.2 Å². The summed E-state index contributed by atoms with van der Waals surface area (Å²) in [6.45, 7) is 0.0737. The normalized spacial score (nSPS) is 16.0. The van der Waals surface area contributed by atoms with E-state index in [2.05, 4.69) is 180 Å². The van der Waals surface area contributed by atoms with Gasteiger partial charge in [-0.15, -0.1) is 0 Å². The summed E-state index contributed by atoms with van der Waals surface area (Å²) in [6.07, 6.45) is 15.0. The molecule has 0 saturated heterocycles. The molecule has 3 nitrogen and oxygen atoms in total. The van der Waals surface area contributed by atoms with Crippen LogP contribution in [0.1, 0.15) is 87.2 Å². The van der Waals surface area contributed by atoms with Crippen LogP contribution in [0.4, 0.5) is 34.1 Å². The first-order valence-corrected chi connectivity index (χ1v) is 23.5. The number of aromatic nitrogens is 1. The van der Waals surface area contributed by atoms with Crippen molar-refractivity contribution in [3.63, 3.8) is 0 Å². The number of benzene rings is 7. The molecule has 4 aliphatic rings. The van der Waals surface area contributed by atoms with Crippen LogP contribution in [0.15, 0.2) is 182 Å². The summed E-state index contributed by atoms with van der Waals surface area (Å²) >= 11 is 0. The minimum Gasteiger partial charge on any atom is -0.311 e. The van der Waals surface area contributed by atoms with Crippen LogP contribution in [0.3, 0.4) is 0 Å². The van der Waals surface area contributed by atoms with Crippen LogP contribution in [0, 0.1) is 0 Å². The highest BCUT2D eigenvalue weighted by Crippen LogP contribution is 2.48. The summed E-state index contributed by atoms with van der Waals surface area (Å²) in [6, 6.07) is 66.4. The number of nitrogens with zero attached hydrogens (tertiary/aromatic N) is 3. The molecular weight excluding hydrogens is 761 g/mol. The Morgan fingerprint density at radius 1 is 0.381 bits per heavy atom. The van der Waals surface area contributed by atoms with Crippen molar-refractivity contribution in [3.8, 4) is 33.5 Å². The van der Waals surface area contributed by atoms with Crippen LogP contribution in [-0.4, -0.2) is 11.7 Å². The molecule has 2 aliphatic carbocycles. The number of rotatable bonds is 7. The Hall–Kier alpha value is -6.65. The molecule has 2 saturated carbocycles. The lowest BCUT2D eigenvalue weighted by Crippen LogP contribution is -2.61. The predicted octanol–water partition coefficient (Wildman–Crippen LogP) is 14.3. The van der Waals surface area contributed by atoms with Gasteiger partial charge in [0, 0.05) is 45.9 Å². The van der Waals surface area contributed by atoms with Crippen LogP contribution in [0.25, 0.3) is 33.5 Å². The van der Waals surface area contributed by atoms with Gasteiger partial charge in [-0.1, -0.05) is 154 Å². The lowest BCUT2D eigenvalue weighted by molar-refractivity contribution is 0.444. The second-order valence-corrected chi connectivity index (χ2v) is 18.4. The summed E-state index contributed by atoms with van der Waals surface area (Å²) in [5.41, 5.74) is 21.6. The van der Waals surface area contributed by atoms with Crippen molar-refractivity contribution in [2.24, 2.45) is 0 Å². The highest BCUT2D eigenvalue weighted by molar-refractivity contribution is 7.00. The monoisotopic (exact) mass is 813 g/mol. The number of hydrogen-bond donors (Lipinski definition) is 0. The Morgan fingerprint density at radius 3 is 1.27 bits per heavy atom. The fourth-order valence-corrected chi connectivity index (χ4v) is 11.5. The summed E-state index contributed by atoms with van der Waals surface area (Å²) in [4.78, 5) is 10.1. The molecular formula is C59H52BN3. The van der Waals surface area contributed by atoms with Gasteiger partial charge in [-0.3, -0.25) is 4.98 Å². The summed E-state index contributed by atoms with van der Waals surface area (Å²) < 4.78 is 0. The molecule has 0 atom stereocenters. The van der Waals surface area contributed by atoms with E-state index in [1.165, 1.54) is 148 Å². The van der Waals surface area contributed by atoms with E-state index in [-0.39, 0.29) is 6.71 Å². The maximum absolute atomic E-state index is 4.97. The first-order chi connectivity index (χ1) is 31.2. The smallest absolute Gasteiger partial charge is 0.252 e. The minimum absolute atomic E-state index is 0.0737. The SMILES string of the molecule is c1ccc(-c2ccc(N3c4ccc(C5CCCCC5)cc4B4c5cc(C6CCCCC6)ccc5N(c5ccc(-c6ccccc6)cc5)c5cc(-c6ccccn6)cc3c54)cc2)cc1. The summed E-state index contributed by atoms with van der Waals surface area (Å²) in [5, 5.41) is 0. The Morgan fingerprint density at radius 2 is 0.825 bits per heavy atom. The molecule has 2 aliphatic heterocycles.